The highest BCUT2D eigenvalue weighted by atomic mass is 16.4. The molecule has 3 rings (SSSR count). The number of aromatic nitrogens is 1. The fourth-order valence-corrected chi connectivity index (χ4v) is 3.17. The summed E-state index contributed by atoms with van der Waals surface area (Å²) >= 11 is 0. The molecule has 1 aromatic rings. The summed E-state index contributed by atoms with van der Waals surface area (Å²) in [5.74, 6) is 1.27. The van der Waals surface area contributed by atoms with Crippen molar-refractivity contribution < 1.29 is 14.0 Å². The van der Waals surface area contributed by atoms with Crippen molar-refractivity contribution in [2.75, 3.05) is 13.1 Å². The van der Waals surface area contributed by atoms with Crippen molar-refractivity contribution in [2.24, 2.45) is 5.92 Å². The van der Waals surface area contributed by atoms with E-state index in [0.717, 1.165) is 12.8 Å². The standard InChI is InChI=1S/C14H19N3O3/c1-8-13(20-9(2)15-8)14(19)17-6-5-11-10(7-17)3-4-12(18)16-11/h10-11H,3-7H2,1-2H3,(H,16,18). The minimum Gasteiger partial charge on any atom is -0.436 e. The normalized spacial score (nSPS) is 26.1. The fraction of sp³-hybridized carbons (Fsp3) is 0.643. The summed E-state index contributed by atoms with van der Waals surface area (Å²) in [7, 11) is 0. The summed E-state index contributed by atoms with van der Waals surface area (Å²) in [5.41, 5.74) is 0.645. The summed E-state index contributed by atoms with van der Waals surface area (Å²) < 4.78 is 5.41. The smallest absolute Gasteiger partial charge is 0.291 e. The first-order valence-electron chi connectivity index (χ1n) is 7.07. The Hall–Kier alpha value is -1.85. The monoisotopic (exact) mass is 277 g/mol. The Balaban J connectivity index is 1.71. The molecule has 6 heteroatoms. The first kappa shape index (κ1) is 13.1. The number of piperidine rings is 2. The highest BCUT2D eigenvalue weighted by Crippen LogP contribution is 2.26. The SMILES string of the molecule is Cc1nc(C)c(C(=O)N2CCC3NC(=O)CCC3C2)o1. The van der Waals surface area contributed by atoms with Gasteiger partial charge in [0.1, 0.15) is 0 Å². The molecule has 108 valence electrons. The zero-order valence-electron chi connectivity index (χ0n) is 11.8. The van der Waals surface area contributed by atoms with Crippen LogP contribution in [0, 0.1) is 19.8 Å². The van der Waals surface area contributed by atoms with E-state index in [4.69, 9.17) is 4.42 Å². The average Bonchev–Trinajstić information content (AvgIpc) is 2.76. The van der Waals surface area contributed by atoms with Crippen LogP contribution in [0.1, 0.15) is 41.4 Å². The molecule has 2 atom stereocenters. The number of rotatable bonds is 1. The van der Waals surface area contributed by atoms with Crippen molar-refractivity contribution in [2.45, 2.75) is 39.2 Å². The topological polar surface area (TPSA) is 75.4 Å². The first-order chi connectivity index (χ1) is 9.54. The highest BCUT2D eigenvalue weighted by Gasteiger charge is 2.36. The minimum atomic E-state index is -0.0848. The molecule has 0 aliphatic carbocycles. The number of hydrogen-bond acceptors (Lipinski definition) is 4. The molecule has 20 heavy (non-hydrogen) atoms. The Labute approximate surface area is 117 Å². The minimum absolute atomic E-state index is 0.0848. The molecule has 2 fully saturated rings. The van der Waals surface area contributed by atoms with E-state index < -0.39 is 0 Å². The van der Waals surface area contributed by atoms with Crippen molar-refractivity contribution in [1.29, 1.82) is 0 Å². The highest BCUT2D eigenvalue weighted by molar-refractivity contribution is 5.92. The molecule has 0 bridgehead atoms. The zero-order chi connectivity index (χ0) is 14.3. The maximum atomic E-state index is 12.5. The number of aryl methyl sites for hydroxylation is 2. The molecule has 2 saturated heterocycles. The molecular formula is C14H19N3O3. The lowest BCUT2D eigenvalue weighted by atomic mass is 9.85. The van der Waals surface area contributed by atoms with E-state index in [-0.39, 0.29) is 17.9 Å². The van der Waals surface area contributed by atoms with Crippen LogP contribution in [-0.4, -0.2) is 40.8 Å². The molecule has 0 aromatic carbocycles. The summed E-state index contributed by atoms with van der Waals surface area (Å²) in [5, 5.41) is 3.02. The lowest BCUT2D eigenvalue weighted by Crippen LogP contribution is -2.55. The second-order valence-corrected chi connectivity index (χ2v) is 5.66. The van der Waals surface area contributed by atoms with Crippen molar-refractivity contribution >= 4 is 11.8 Å². The molecule has 2 aliphatic heterocycles. The van der Waals surface area contributed by atoms with Gasteiger partial charge in [-0.3, -0.25) is 9.59 Å². The molecule has 2 unspecified atom stereocenters. The fourth-order valence-electron chi connectivity index (χ4n) is 3.17. The van der Waals surface area contributed by atoms with Crippen molar-refractivity contribution in [1.82, 2.24) is 15.2 Å². The summed E-state index contributed by atoms with van der Waals surface area (Å²) in [6.07, 6.45) is 2.23. The summed E-state index contributed by atoms with van der Waals surface area (Å²) in [6, 6.07) is 0.220. The molecule has 0 saturated carbocycles. The third-order valence-electron chi connectivity index (χ3n) is 4.21. The Morgan fingerprint density at radius 1 is 1.40 bits per heavy atom. The van der Waals surface area contributed by atoms with E-state index in [9.17, 15) is 9.59 Å². The van der Waals surface area contributed by atoms with E-state index in [0.29, 0.717) is 42.8 Å². The number of likely N-dealkylation sites (tertiary alicyclic amines) is 1. The summed E-state index contributed by atoms with van der Waals surface area (Å²) in [4.78, 5) is 29.8. The van der Waals surface area contributed by atoms with Crippen molar-refractivity contribution in [3.05, 3.63) is 17.3 Å². The number of nitrogens with zero attached hydrogens (tertiary/aromatic N) is 2. The molecule has 3 heterocycles. The van der Waals surface area contributed by atoms with Crippen LogP contribution in [0.15, 0.2) is 4.42 Å². The van der Waals surface area contributed by atoms with Crippen molar-refractivity contribution in [3.63, 3.8) is 0 Å². The average molecular weight is 277 g/mol. The van der Waals surface area contributed by atoms with Crippen LogP contribution in [0.2, 0.25) is 0 Å². The van der Waals surface area contributed by atoms with Crippen LogP contribution in [0.25, 0.3) is 0 Å². The van der Waals surface area contributed by atoms with Gasteiger partial charge in [-0.1, -0.05) is 0 Å². The third-order valence-corrected chi connectivity index (χ3v) is 4.21. The third kappa shape index (κ3) is 2.30. The van der Waals surface area contributed by atoms with Gasteiger partial charge in [0.05, 0.1) is 5.69 Å². The number of nitrogens with one attached hydrogen (secondary N) is 1. The Morgan fingerprint density at radius 3 is 2.90 bits per heavy atom. The van der Waals surface area contributed by atoms with E-state index in [1.807, 2.05) is 4.90 Å². The number of oxazole rings is 1. The maximum Gasteiger partial charge on any atom is 0.291 e. The zero-order valence-corrected chi connectivity index (χ0v) is 11.8. The van der Waals surface area contributed by atoms with E-state index in [1.165, 1.54) is 0 Å². The molecular weight excluding hydrogens is 258 g/mol. The van der Waals surface area contributed by atoms with Gasteiger partial charge in [-0.05, 0) is 25.7 Å². The molecule has 2 amide bonds. The van der Waals surface area contributed by atoms with E-state index in [1.54, 1.807) is 13.8 Å². The van der Waals surface area contributed by atoms with Gasteiger partial charge in [-0.15, -0.1) is 0 Å². The number of fused-ring (bicyclic) bond motifs is 1. The second kappa shape index (κ2) is 4.92. The predicted molar refractivity (Wildman–Crippen MR) is 71.2 cm³/mol. The van der Waals surface area contributed by atoms with Gasteiger partial charge in [0.15, 0.2) is 5.89 Å². The Bertz CT molecular complexity index is 552. The first-order valence-corrected chi connectivity index (χ1v) is 7.07. The van der Waals surface area contributed by atoms with Gasteiger partial charge < -0.3 is 14.6 Å². The molecule has 0 radical (unpaired) electrons. The summed E-state index contributed by atoms with van der Waals surface area (Å²) in [6.45, 7) is 4.87. The molecule has 6 nitrogen and oxygen atoms in total. The van der Waals surface area contributed by atoms with Gasteiger partial charge in [0.2, 0.25) is 11.7 Å². The maximum absolute atomic E-state index is 12.5. The number of carbonyl (C=O) groups excluding carboxylic acids is 2. The lowest BCUT2D eigenvalue weighted by molar-refractivity contribution is -0.125. The lowest BCUT2D eigenvalue weighted by Gasteiger charge is -2.41. The molecule has 0 spiro atoms. The molecule has 2 aliphatic rings. The van der Waals surface area contributed by atoms with Crippen LogP contribution in [-0.2, 0) is 4.79 Å². The number of carbonyl (C=O) groups is 2. The van der Waals surface area contributed by atoms with Gasteiger partial charge in [0.25, 0.3) is 5.91 Å². The van der Waals surface area contributed by atoms with Crippen LogP contribution in [0.4, 0.5) is 0 Å². The Morgan fingerprint density at radius 2 is 2.20 bits per heavy atom. The van der Waals surface area contributed by atoms with Gasteiger partial charge in [-0.25, -0.2) is 4.98 Å². The second-order valence-electron chi connectivity index (χ2n) is 5.66. The van der Waals surface area contributed by atoms with E-state index >= 15 is 0 Å². The molecule has 1 N–H and O–H groups in total. The van der Waals surface area contributed by atoms with Crippen LogP contribution in [0.3, 0.4) is 0 Å². The van der Waals surface area contributed by atoms with Gasteiger partial charge in [-0.2, -0.15) is 0 Å². The van der Waals surface area contributed by atoms with Crippen LogP contribution < -0.4 is 5.32 Å². The number of amides is 2. The molecule has 1 aromatic heterocycles. The van der Waals surface area contributed by atoms with Gasteiger partial charge in [0, 0.05) is 32.5 Å². The van der Waals surface area contributed by atoms with Gasteiger partial charge >= 0.3 is 0 Å². The van der Waals surface area contributed by atoms with E-state index in [2.05, 4.69) is 10.3 Å². The van der Waals surface area contributed by atoms with Crippen LogP contribution in [0.5, 0.6) is 0 Å². The van der Waals surface area contributed by atoms with Crippen molar-refractivity contribution in [3.8, 4) is 0 Å². The predicted octanol–water partition coefficient (Wildman–Crippen LogP) is 1.03. The quantitative estimate of drug-likeness (QED) is 0.832. The number of hydrogen-bond donors (Lipinski definition) is 1. The van der Waals surface area contributed by atoms with Crippen LogP contribution >= 0.6 is 0 Å². The Kier molecular flexibility index (Phi) is 3.23. The largest absolute Gasteiger partial charge is 0.436 e.